The van der Waals surface area contributed by atoms with Crippen molar-refractivity contribution >= 4 is 23.7 Å². The van der Waals surface area contributed by atoms with E-state index in [1.807, 2.05) is 32.0 Å². The second-order valence-corrected chi connectivity index (χ2v) is 5.71. The highest BCUT2D eigenvalue weighted by molar-refractivity contribution is 5.94. The van der Waals surface area contributed by atoms with Crippen molar-refractivity contribution in [3.63, 3.8) is 0 Å². The summed E-state index contributed by atoms with van der Waals surface area (Å²) >= 11 is 0. The number of amides is 2. The van der Waals surface area contributed by atoms with Crippen LogP contribution in [0.15, 0.2) is 47.6 Å². The van der Waals surface area contributed by atoms with Gasteiger partial charge in [-0.15, -0.1) is 0 Å². The molecule has 0 saturated heterocycles. The van der Waals surface area contributed by atoms with Gasteiger partial charge in [-0.3, -0.25) is 9.59 Å². The second kappa shape index (κ2) is 8.73. The smallest absolute Gasteiger partial charge is 0.240 e. The molecule has 0 aliphatic heterocycles. The van der Waals surface area contributed by atoms with Gasteiger partial charge in [-0.25, -0.2) is 9.82 Å². The van der Waals surface area contributed by atoms with Gasteiger partial charge in [0, 0.05) is 18.5 Å². The van der Waals surface area contributed by atoms with Crippen molar-refractivity contribution in [3.8, 4) is 0 Å². The molecule has 2 aromatic carbocycles. The minimum Gasteiger partial charge on any atom is -0.326 e. The number of hydrazone groups is 1. The van der Waals surface area contributed by atoms with Gasteiger partial charge in [0.2, 0.25) is 11.8 Å². The van der Waals surface area contributed by atoms with Gasteiger partial charge in [-0.05, 0) is 43.2 Å². The standard InChI is InChI=1S/C19H20FN3O2/c1-13-3-8-17(14(2)11-13)22-18(24)9-10-19(25)23-21-12-15-4-6-16(20)7-5-15/h3-8,11-12H,9-10H2,1-2H3,(H,22,24)(H,23,25). The molecule has 0 heterocycles. The number of hydrogen-bond acceptors (Lipinski definition) is 3. The zero-order chi connectivity index (χ0) is 18.2. The first-order valence-corrected chi connectivity index (χ1v) is 7.88. The van der Waals surface area contributed by atoms with Crippen LogP contribution < -0.4 is 10.7 Å². The number of hydrogen-bond donors (Lipinski definition) is 2. The van der Waals surface area contributed by atoms with Crippen LogP contribution in [-0.4, -0.2) is 18.0 Å². The first-order valence-electron chi connectivity index (χ1n) is 7.88. The van der Waals surface area contributed by atoms with Crippen LogP contribution in [0.25, 0.3) is 0 Å². The number of carbonyl (C=O) groups is 2. The summed E-state index contributed by atoms with van der Waals surface area (Å²) < 4.78 is 12.8. The predicted octanol–water partition coefficient (Wildman–Crippen LogP) is 3.31. The molecule has 0 aliphatic rings. The highest BCUT2D eigenvalue weighted by Crippen LogP contribution is 2.16. The molecule has 2 amide bonds. The number of halogens is 1. The molecule has 5 nitrogen and oxygen atoms in total. The van der Waals surface area contributed by atoms with Gasteiger partial charge < -0.3 is 5.32 Å². The Kier molecular flexibility index (Phi) is 6.39. The molecule has 130 valence electrons. The van der Waals surface area contributed by atoms with Crippen molar-refractivity contribution in [3.05, 3.63) is 65.0 Å². The van der Waals surface area contributed by atoms with E-state index in [9.17, 15) is 14.0 Å². The Morgan fingerprint density at radius 1 is 1.04 bits per heavy atom. The lowest BCUT2D eigenvalue weighted by Gasteiger charge is -2.08. The minimum atomic E-state index is -0.367. The summed E-state index contributed by atoms with van der Waals surface area (Å²) in [6, 6.07) is 11.4. The van der Waals surface area contributed by atoms with Crippen LogP contribution in [-0.2, 0) is 9.59 Å². The number of benzene rings is 2. The summed E-state index contributed by atoms with van der Waals surface area (Å²) in [5.41, 5.74) is 5.84. The summed E-state index contributed by atoms with van der Waals surface area (Å²) in [6.07, 6.45) is 1.50. The largest absolute Gasteiger partial charge is 0.326 e. The monoisotopic (exact) mass is 341 g/mol. The molecular weight excluding hydrogens is 321 g/mol. The third kappa shape index (κ3) is 6.18. The fourth-order valence-corrected chi connectivity index (χ4v) is 2.18. The van der Waals surface area contributed by atoms with E-state index in [1.165, 1.54) is 18.3 Å². The lowest BCUT2D eigenvalue weighted by atomic mass is 10.1. The van der Waals surface area contributed by atoms with Crippen LogP contribution in [0.2, 0.25) is 0 Å². The zero-order valence-electron chi connectivity index (χ0n) is 14.2. The lowest BCUT2D eigenvalue weighted by Crippen LogP contribution is -2.20. The van der Waals surface area contributed by atoms with Gasteiger partial charge in [-0.2, -0.15) is 5.10 Å². The molecule has 0 unspecified atom stereocenters. The van der Waals surface area contributed by atoms with Crippen LogP contribution in [0, 0.1) is 19.7 Å². The summed E-state index contributed by atoms with van der Waals surface area (Å²) in [4.78, 5) is 23.6. The molecule has 2 aromatic rings. The lowest BCUT2D eigenvalue weighted by molar-refractivity contribution is -0.124. The molecule has 25 heavy (non-hydrogen) atoms. The van der Waals surface area contributed by atoms with Gasteiger partial charge in [0.15, 0.2) is 0 Å². The molecule has 0 bridgehead atoms. The Hall–Kier alpha value is -3.02. The molecule has 0 fully saturated rings. The maximum atomic E-state index is 12.8. The molecule has 6 heteroatoms. The summed E-state index contributed by atoms with van der Waals surface area (Å²) in [6.45, 7) is 3.90. The van der Waals surface area contributed by atoms with Gasteiger partial charge in [0.25, 0.3) is 0 Å². The van der Waals surface area contributed by atoms with E-state index in [-0.39, 0.29) is 30.5 Å². The van der Waals surface area contributed by atoms with Gasteiger partial charge in [-0.1, -0.05) is 29.8 Å². The van der Waals surface area contributed by atoms with Gasteiger partial charge in [0.1, 0.15) is 5.82 Å². The number of anilines is 1. The maximum Gasteiger partial charge on any atom is 0.240 e. The minimum absolute atomic E-state index is 0.0253. The normalized spacial score (nSPS) is 10.7. The SMILES string of the molecule is Cc1ccc(NC(=O)CCC(=O)NN=Cc2ccc(F)cc2)c(C)c1. The molecular formula is C19H20FN3O2. The maximum absolute atomic E-state index is 12.8. The molecule has 2 rings (SSSR count). The molecule has 0 spiro atoms. The van der Waals surface area contributed by atoms with Crippen molar-refractivity contribution < 1.29 is 14.0 Å². The van der Waals surface area contributed by atoms with E-state index in [0.717, 1.165) is 16.8 Å². The molecule has 2 N–H and O–H groups in total. The summed E-state index contributed by atoms with van der Waals surface area (Å²) in [5, 5.41) is 6.57. The Balaban J connectivity index is 1.75. The molecule has 0 aromatic heterocycles. The van der Waals surface area contributed by atoms with E-state index >= 15 is 0 Å². The number of nitrogens with zero attached hydrogens (tertiary/aromatic N) is 1. The average Bonchev–Trinajstić information content (AvgIpc) is 2.57. The first kappa shape index (κ1) is 18.3. The third-order valence-corrected chi connectivity index (χ3v) is 3.51. The fourth-order valence-electron chi connectivity index (χ4n) is 2.18. The molecule has 0 aliphatic carbocycles. The highest BCUT2D eigenvalue weighted by Gasteiger charge is 2.08. The predicted molar refractivity (Wildman–Crippen MR) is 95.9 cm³/mol. The Labute approximate surface area is 145 Å². The summed E-state index contributed by atoms with van der Waals surface area (Å²) in [5.74, 6) is -0.935. The number of aryl methyl sites for hydroxylation is 2. The van der Waals surface area contributed by atoms with E-state index in [1.54, 1.807) is 12.1 Å². The van der Waals surface area contributed by atoms with Crippen LogP contribution in [0.5, 0.6) is 0 Å². The number of rotatable bonds is 6. The Morgan fingerprint density at radius 2 is 1.72 bits per heavy atom. The van der Waals surface area contributed by atoms with Crippen LogP contribution in [0.1, 0.15) is 29.5 Å². The van der Waals surface area contributed by atoms with Crippen LogP contribution >= 0.6 is 0 Å². The highest BCUT2D eigenvalue weighted by atomic mass is 19.1. The Morgan fingerprint density at radius 3 is 2.40 bits per heavy atom. The summed E-state index contributed by atoms with van der Waals surface area (Å²) in [7, 11) is 0. The Bertz CT molecular complexity index is 786. The quantitative estimate of drug-likeness (QED) is 0.625. The molecule has 0 atom stereocenters. The van der Waals surface area contributed by atoms with E-state index in [4.69, 9.17) is 0 Å². The zero-order valence-corrected chi connectivity index (χ0v) is 14.2. The molecule has 0 radical (unpaired) electrons. The number of carbonyl (C=O) groups excluding carboxylic acids is 2. The average molecular weight is 341 g/mol. The van der Waals surface area contributed by atoms with Gasteiger partial charge >= 0.3 is 0 Å². The van der Waals surface area contributed by atoms with Gasteiger partial charge in [0.05, 0.1) is 6.21 Å². The van der Waals surface area contributed by atoms with E-state index in [0.29, 0.717) is 5.56 Å². The fraction of sp³-hybridized carbons (Fsp3) is 0.211. The van der Waals surface area contributed by atoms with Crippen LogP contribution in [0.4, 0.5) is 10.1 Å². The van der Waals surface area contributed by atoms with E-state index in [2.05, 4.69) is 15.8 Å². The van der Waals surface area contributed by atoms with E-state index < -0.39 is 0 Å². The van der Waals surface area contributed by atoms with Crippen molar-refractivity contribution in [2.45, 2.75) is 26.7 Å². The van der Waals surface area contributed by atoms with Crippen LogP contribution in [0.3, 0.4) is 0 Å². The van der Waals surface area contributed by atoms with Crippen molar-refractivity contribution in [1.29, 1.82) is 0 Å². The third-order valence-electron chi connectivity index (χ3n) is 3.51. The van der Waals surface area contributed by atoms with Crippen molar-refractivity contribution in [1.82, 2.24) is 5.43 Å². The number of nitrogens with one attached hydrogen (secondary N) is 2. The van der Waals surface area contributed by atoms with Crippen molar-refractivity contribution in [2.24, 2.45) is 5.10 Å². The molecule has 0 saturated carbocycles. The first-order chi connectivity index (χ1) is 11.9. The topological polar surface area (TPSA) is 70.6 Å². The van der Waals surface area contributed by atoms with Crippen molar-refractivity contribution in [2.75, 3.05) is 5.32 Å². The second-order valence-electron chi connectivity index (χ2n) is 5.71.